The number of hydrogen-bond acceptors (Lipinski definition) is 6. The highest BCUT2D eigenvalue weighted by Crippen LogP contribution is 2.29. The summed E-state index contributed by atoms with van der Waals surface area (Å²) in [6.45, 7) is 7.13. The Bertz CT molecular complexity index is 861. The molecule has 0 N–H and O–H groups in total. The second-order valence-electron chi connectivity index (χ2n) is 5.95. The maximum atomic E-state index is 5.94. The normalized spacial score (nSPS) is 18.2. The van der Waals surface area contributed by atoms with Gasteiger partial charge in [0, 0.05) is 18.5 Å². The smallest absolute Gasteiger partial charge is 0.163 e. The number of morpholine rings is 1. The molecule has 2 aromatic heterocycles. The molecule has 124 valence electrons. The number of aryl methyl sites for hydroxylation is 2. The number of fused-ring (bicyclic) bond motifs is 1. The van der Waals surface area contributed by atoms with Crippen LogP contribution in [0.2, 0.25) is 0 Å². The van der Waals surface area contributed by atoms with Gasteiger partial charge in [-0.1, -0.05) is 12.1 Å². The van der Waals surface area contributed by atoms with Crippen molar-refractivity contribution in [3.05, 3.63) is 42.2 Å². The Kier molecular flexibility index (Phi) is 3.86. The molecule has 1 aliphatic heterocycles. The van der Waals surface area contributed by atoms with Crippen molar-refractivity contribution in [3.8, 4) is 0 Å². The van der Waals surface area contributed by atoms with Crippen LogP contribution in [0.5, 0.6) is 0 Å². The maximum Gasteiger partial charge on any atom is 0.163 e. The summed E-state index contributed by atoms with van der Waals surface area (Å²) in [5.74, 6) is 1.83. The van der Waals surface area contributed by atoms with Gasteiger partial charge in [0.2, 0.25) is 0 Å². The van der Waals surface area contributed by atoms with Gasteiger partial charge >= 0.3 is 0 Å². The molecule has 4 rings (SSSR count). The van der Waals surface area contributed by atoms with Crippen LogP contribution in [0.15, 0.2) is 30.9 Å². The minimum atomic E-state index is -0.101. The molecule has 1 saturated heterocycles. The van der Waals surface area contributed by atoms with Crippen molar-refractivity contribution in [2.75, 3.05) is 24.6 Å². The molecule has 24 heavy (non-hydrogen) atoms. The Morgan fingerprint density at radius 1 is 1.29 bits per heavy atom. The fourth-order valence-electron chi connectivity index (χ4n) is 3.23. The van der Waals surface area contributed by atoms with Gasteiger partial charge in [-0.05, 0) is 25.5 Å². The zero-order valence-corrected chi connectivity index (χ0v) is 13.9. The number of ether oxygens (including phenoxy) is 1. The molecule has 3 heterocycles. The first-order valence-electron chi connectivity index (χ1n) is 8.22. The fourth-order valence-corrected chi connectivity index (χ4v) is 3.23. The SMILES string of the molecule is CCn1cnnc1[C@H]1CN(c2ncnc3c(C)cccc23)CCO1. The molecule has 0 bridgehead atoms. The monoisotopic (exact) mass is 324 g/mol. The van der Waals surface area contributed by atoms with Crippen LogP contribution in [0.25, 0.3) is 10.9 Å². The van der Waals surface area contributed by atoms with Crippen molar-refractivity contribution in [2.24, 2.45) is 0 Å². The zero-order valence-electron chi connectivity index (χ0n) is 13.9. The molecule has 3 aromatic rings. The summed E-state index contributed by atoms with van der Waals surface area (Å²) in [6.07, 6.45) is 3.29. The third kappa shape index (κ3) is 2.50. The molecule has 0 radical (unpaired) electrons. The van der Waals surface area contributed by atoms with Crippen molar-refractivity contribution in [2.45, 2.75) is 26.5 Å². The molecule has 0 spiro atoms. The van der Waals surface area contributed by atoms with E-state index in [4.69, 9.17) is 4.74 Å². The number of para-hydroxylation sites is 1. The largest absolute Gasteiger partial charge is 0.366 e. The van der Waals surface area contributed by atoms with Crippen molar-refractivity contribution >= 4 is 16.7 Å². The van der Waals surface area contributed by atoms with Gasteiger partial charge in [-0.2, -0.15) is 0 Å². The number of benzene rings is 1. The Morgan fingerprint density at radius 3 is 3.08 bits per heavy atom. The summed E-state index contributed by atoms with van der Waals surface area (Å²) in [4.78, 5) is 11.2. The molecule has 1 atom stereocenters. The lowest BCUT2D eigenvalue weighted by molar-refractivity contribution is 0.0314. The van der Waals surface area contributed by atoms with Crippen molar-refractivity contribution in [3.63, 3.8) is 0 Å². The van der Waals surface area contributed by atoms with Gasteiger partial charge < -0.3 is 14.2 Å². The van der Waals surface area contributed by atoms with Gasteiger partial charge in [0.1, 0.15) is 24.6 Å². The number of hydrogen-bond donors (Lipinski definition) is 0. The van der Waals surface area contributed by atoms with Crippen LogP contribution in [-0.4, -0.2) is 44.4 Å². The Balaban J connectivity index is 1.69. The summed E-state index contributed by atoms with van der Waals surface area (Å²) in [5.41, 5.74) is 2.16. The number of anilines is 1. The van der Waals surface area contributed by atoms with Gasteiger partial charge in [-0.3, -0.25) is 0 Å². The standard InChI is InChI=1S/C17H20N6O/c1-3-22-11-20-21-17(22)14-9-23(7-8-24-14)16-13-6-4-5-12(2)15(13)18-10-19-16/h4-6,10-11,14H,3,7-9H2,1-2H3/t14-/m1/s1. The molecule has 1 aromatic carbocycles. The van der Waals surface area contributed by atoms with E-state index >= 15 is 0 Å². The summed E-state index contributed by atoms with van der Waals surface area (Å²) in [6, 6.07) is 6.21. The quantitative estimate of drug-likeness (QED) is 0.735. The molecule has 0 amide bonds. The Labute approximate surface area is 140 Å². The van der Waals surface area contributed by atoms with E-state index < -0.39 is 0 Å². The number of rotatable bonds is 3. The third-order valence-electron chi connectivity index (χ3n) is 4.49. The molecule has 1 aliphatic rings. The molecule has 7 heteroatoms. The molecule has 0 unspecified atom stereocenters. The second kappa shape index (κ2) is 6.16. The van der Waals surface area contributed by atoms with Crippen molar-refractivity contribution in [1.29, 1.82) is 0 Å². The predicted molar refractivity (Wildman–Crippen MR) is 90.9 cm³/mol. The Hall–Kier alpha value is -2.54. The summed E-state index contributed by atoms with van der Waals surface area (Å²) in [7, 11) is 0. The van der Waals surface area contributed by atoms with Crippen LogP contribution >= 0.6 is 0 Å². The van der Waals surface area contributed by atoms with E-state index in [1.807, 2.05) is 4.57 Å². The molecule has 0 saturated carbocycles. The average molecular weight is 324 g/mol. The highest BCUT2D eigenvalue weighted by atomic mass is 16.5. The highest BCUT2D eigenvalue weighted by Gasteiger charge is 2.27. The second-order valence-corrected chi connectivity index (χ2v) is 5.95. The highest BCUT2D eigenvalue weighted by molar-refractivity contribution is 5.91. The van der Waals surface area contributed by atoms with Gasteiger partial charge in [-0.15, -0.1) is 10.2 Å². The van der Waals surface area contributed by atoms with E-state index in [1.54, 1.807) is 12.7 Å². The average Bonchev–Trinajstić information content (AvgIpc) is 3.11. The molecule has 1 fully saturated rings. The van der Waals surface area contributed by atoms with Gasteiger partial charge in [0.05, 0.1) is 18.7 Å². The van der Waals surface area contributed by atoms with E-state index in [0.29, 0.717) is 13.2 Å². The summed E-state index contributed by atoms with van der Waals surface area (Å²) >= 11 is 0. The lowest BCUT2D eigenvalue weighted by atomic mass is 10.1. The lowest BCUT2D eigenvalue weighted by Crippen LogP contribution is -2.39. The first-order valence-corrected chi connectivity index (χ1v) is 8.22. The minimum absolute atomic E-state index is 0.101. The van der Waals surface area contributed by atoms with Gasteiger partial charge in [-0.25, -0.2) is 9.97 Å². The fraction of sp³-hybridized carbons (Fsp3) is 0.412. The van der Waals surface area contributed by atoms with E-state index in [-0.39, 0.29) is 6.10 Å². The van der Waals surface area contributed by atoms with Gasteiger partial charge in [0.25, 0.3) is 0 Å². The van der Waals surface area contributed by atoms with Crippen LogP contribution in [0.3, 0.4) is 0 Å². The summed E-state index contributed by atoms with van der Waals surface area (Å²) in [5, 5.41) is 9.34. The van der Waals surface area contributed by atoms with Crippen molar-refractivity contribution < 1.29 is 4.74 Å². The van der Waals surface area contributed by atoms with E-state index in [9.17, 15) is 0 Å². The van der Waals surface area contributed by atoms with Crippen LogP contribution in [0.1, 0.15) is 24.4 Å². The molecular weight excluding hydrogens is 304 g/mol. The minimum Gasteiger partial charge on any atom is -0.366 e. The molecule has 0 aliphatic carbocycles. The molecule has 7 nitrogen and oxygen atoms in total. The third-order valence-corrected chi connectivity index (χ3v) is 4.49. The van der Waals surface area contributed by atoms with Gasteiger partial charge in [0.15, 0.2) is 5.82 Å². The maximum absolute atomic E-state index is 5.94. The number of nitrogens with zero attached hydrogens (tertiary/aromatic N) is 6. The first-order chi connectivity index (χ1) is 11.8. The summed E-state index contributed by atoms with van der Waals surface area (Å²) < 4.78 is 7.97. The van der Waals surface area contributed by atoms with Crippen LogP contribution < -0.4 is 4.90 Å². The molecular formula is C17H20N6O. The van der Waals surface area contributed by atoms with Crippen molar-refractivity contribution in [1.82, 2.24) is 24.7 Å². The van der Waals surface area contributed by atoms with Crippen LogP contribution in [-0.2, 0) is 11.3 Å². The predicted octanol–water partition coefficient (Wildman–Crippen LogP) is 2.13. The van der Waals surface area contributed by atoms with E-state index in [2.05, 4.69) is 57.1 Å². The van der Waals surface area contributed by atoms with Crippen LogP contribution in [0.4, 0.5) is 5.82 Å². The Morgan fingerprint density at radius 2 is 2.21 bits per heavy atom. The van der Waals surface area contributed by atoms with Crippen LogP contribution in [0, 0.1) is 6.92 Å². The zero-order chi connectivity index (χ0) is 16.5. The van der Waals surface area contributed by atoms with E-state index in [0.717, 1.165) is 41.2 Å². The van der Waals surface area contributed by atoms with E-state index in [1.165, 1.54) is 0 Å². The number of aromatic nitrogens is 5. The first kappa shape index (κ1) is 15.0. The topological polar surface area (TPSA) is 69.0 Å². The lowest BCUT2D eigenvalue weighted by Gasteiger charge is -2.33.